The zero-order chi connectivity index (χ0) is 20.3. The van der Waals surface area contributed by atoms with Gasteiger partial charge in [0.2, 0.25) is 0 Å². The van der Waals surface area contributed by atoms with Gasteiger partial charge in [-0.3, -0.25) is 14.3 Å². The van der Waals surface area contributed by atoms with Gasteiger partial charge < -0.3 is 10.4 Å². The third-order valence-corrected chi connectivity index (χ3v) is 4.36. The molecular formula is C21H18N4O3. The molecule has 1 aromatic heterocycles. The lowest BCUT2D eigenvalue weighted by atomic mass is 10.1. The average Bonchev–Trinajstić information content (AvgIpc) is 2.91. The van der Waals surface area contributed by atoms with Crippen molar-refractivity contribution in [3.63, 3.8) is 0 Å². The van der Waals surface area contributed by atoms with E-state index < -0.39 is 5.91 Å². The molecule has 7 nitrogen and oxygen atoms in total. The normalized spacial score (nSPS) is 11.1. The smallest absolute Gasteiger partial charge is 0.295 e. The first kappa shape index (κ1) is 18.7. The molecular weight excluding hydrogens is 356 g/mol. The zero-order valence-corrected chi connectivity index (χ0v) is 15.4. The van der Waals surface area contributed by atoms with E-state index in [1.807, 2.05) is 24.3 Å². The Morgan fingerprint density at radius 1 is 1.14 bits per heavy atom. The van der Waals surface area contributed by atoms with E-state index >= 15 is 0 Å². The van der Waals surface area contributed by atoms with Crippen LogP contribution >= 0.6 is 0 Å². The lowest BCUT2D eigenvalue weighted by Gasteiger charge is -2.07. The summed E-state index contributed by atoms with van der Waals surface area (Å²) in [7, 11) is 1.72. The minimum Gasteiger partial charge on any atom is -0.508 e. The standard InChI is InChI=1S/C21H18N4O3/c1-14-19(21(28)25(24(14)2)17-6-4-3-5-7-17)23-20(27)16(13-22)12-15-8-10-18(26)11-9-15/h3-12,26H,1-2H3,(H,23,27)/b16-12-. The summed E-state index contributed by atoms with van der Waals surface area (Å²) >= 11 is 0. The van der Waals surface area contributed by atoms with Gasteiger partial charge in [-0.2, -0.15) is 5.26 Å². The minimum atomic E-state index is -0.679. The molecule has 0 bridgehead atoms. The Hall–Kier alpha value is -4.05. The number of phenols is 1. The lowest BCUT2D eigenvalue weighted by Crippen LogP contribution is -2.23. The first-order valence-electron chi connectivity index (χ1n) is 8.48. The molecule has 28 heavy (non-hydrogen) atoms. The minimum absolute atomic E-state index is 0.0847. The summed E-state index contributed by atoms with van der Waals surface area (Å²) in [5.41, 5.74) is 1.38. The number of nitrogens with zero attached hydrogens (tertiary/aromatic N) is 3. The van der Waals surface area contributed by atoms with Crippen LogP contribution in [0.25, 0.3) is 11.8 Å². The summed E-state index contributed by atoms with van der Waals surface area (Å²) in [5, 5.41) is 21.2. The summed E-state index contributed by atoms with van der Waals surface area (Å²) in [6, 6.07) is 17.0. The highest BCUT2D eigenvalue weighted by atomic mass is 16.3. The lowest BCUT2D eigenvalue weighted by molar-refractivity contribution is -0.112. The third kappa shape index (κ3) is 3.57. The van der Waals surface area contributed by atoms with Gasteiger partial charge in [0, 0.05) is 7.05 Å². The van der Waals surface area contributed by atoms with E-state index in [0.717, 1.165) is 0 Å². The Labute approximate surface area is 161 Å². The van der Waals surface area contributed by atoms with E-state index in [9.17, 15) is 20.0 Å². The van der Waals surface area contributed by atoms with Crippen molar-refractivity contribution in [2.24, 2.45) is 7.05 Å². The highest BCUT2D eigenvalue weighted by molar-refractivity contribution is 6.09. The first-order chi connectivity index (χ1) is 13.4. The second-order valence-corrected chi connectivity index (χ2v) is 6.15. The van der Waals surface area contributed by atoms with E-state index in [1.54, 1.807) is 42.9 Å². The van der Waals surface area contributed by atoms with Gasteiger partial charge >= 0.3 is 0 Å². The van der Waals surface area contributed by atoms with Crippen molar-refractivity contribution in [3.8, 4) is 17.5 Å². The Bertz CT molecular complexity index is 1150. The molecule has 1 amide bonds. The number of hydrogen-bond acceptors (Lipinski definition) is 4. The van der Waals surface area contributed by atoms with Gasteiger partial charge in [-0.25, -0.2) is 4.68 Å². The third-order valence-electron chi connectivity index (χ3n) is 4.36. The zero-order valence-electron chi connectivity index (χ0n) is 15.4. The number of benzene rings is 2. The highest BCUT2D eigenvalue weighted by Crippen LogP contribution is 2.16. The number of aromatic hydroxyl groups is 1. The predicted octanol–water partition coefficient (Wildman–Crippen LogP) is 2.74. The van der Waals surface area contributed by atoms with Crippen molar-refractivity contribution in [2.75, 3.05) is 5.32 Å². The second kappa shape index (κ2) is 7.68. The molecule has 7 heteroatoms. The van der Waals surface area contributed by atoms with Crippen molar-refractivity contribution in [2.45, 2.75) is 6.92 Å². The number of rotatable bonds is 4. The van der Waals surface area contributed by atoms with E-state index in [4.69, 9.17) is 0 Å². The van der Waals surface area contributed by atoms with Crippen LogP contribution in [0.2, 0.25) is 0 Å². The molecule has 3 rings (SSSR count). The van der Waals surface area contributed by atoms with Gasteiger partial charge in [-0.15, -0.1) is 0 Å². The highest BCUT2D eigenvalue weighted by Gasteiger charge is 2.19. The van der Waals surface area contributed by atoms with Gasteiger partial charge in [0.1, 0.15) is 23.1 Å². The summed E-state index contributed by atoms with van der Waals surface area (Å²) in [6.45, 7) is 1.71. The molecule has 0 spiro atoms. The van der Waals surface area contributed by atoms with Crippen LogP contribution in [0.1, 0.15) is 11.3 Å². The van der Waals surface area contributed by atoms with Crippen LogP contribution in [0.3, 0.4) is 0 Å². The van der Waals surface area contributed by atoms with E-state index in [-0.39, 0.29) is 22.6 Å². The van der Waals surface area contributed by atoms with Crippen LogP contribution in [0.5, 0.6) is 5.75 Å². The quantitative estimate of drug-likeness (QED) is 0.542. The van der Waals surface area contributed by atoms with E-state index in [0.29, 0.717) is 16.9 Å². The Balaban J connectivity index is 1.95. The number of nitrogens with one attached hydrogen (secondary N) is 1. The fraction of sp³-hybridized carbons (Fsp3) is 0.0952. The monoisotopic (exact) mass is 374 g/mol. The predicted molar refractivity (Wildman–Crippen MR) is 106 cm³/mol. The molecule has 140 valence electrons. The number of hydrogen-bond donors (Lipinski definition) is 2. The fourth-order valence-electron chi connectivity index (χ4n) is 2.78. The maximum Gasteiger partial charge on any atom is 0.295 e. The van der Waals surface area contributed by atoms with Crippen molar-refractivity contribution in [3.05, 3.63) is 81.8 Å². The largest absolute Gasteiger partial charge is 0.508 e. The summed E-state index contributed by atoms with van der Waals surface area (Å²) in [5.74, 6) is -0.594. The maximum atomic E-state index is 12.9. The van der Waals surface area contributed by atoms with E-state index in [2.05, 4.69) is 5.32 Å². The number of aromatic nitrogens is 2. The summed E-state index contributed by atoms with van der Waals surface area (Å²) in [6.07, 6.45) is 1.39. The number of phenolic OH excluding ortho intramolecular Hbond substituents is 1. The fourth-order valence-corrected chi connectivity index (χ4v) is 2.78. The molecule has 2 N–H and O–H groups in total. The van der Waals surface area contributed by atoms with Gasteiger partial charge in [-0.1, -0.05) is 30.3 Å². The first-order valence-corrected chi connectivity index (χ1v) is 8.48. The molecule has 0 unspecified atom stereocenters. The van der Waals surface area contributed by atoms with Gasteiger partial charge in [0.05, 0.1) is 11.4 Å². The van der Waals surface area contributed by atoms with E-state index in [1.165, 1.54) is 22.9 Å². The molecule has 0 aliphatic carbocycles. The van der Waals surface area contributed by atoms with Crippen molar-refractivity contribution >= 4 is 17.7 Å². The van der Waals surface area contributed by atoms with Crippen LogP contribution in [0.4, 0.5) is 5.69 Å². The Morgan fingerprint density at radius 2 is 1.79 bits per heavy atom. The van der Waals surface area contributed by atoms with Crippen molar-refractivity contribution < 1.29 is 9.90 Å². The van der Waals surface area contributed by atoms with Crippen molar-refractivity contribution in [1.82, 2.24) is 9.36 Å². The van der Waals surface area contributed by atoms with Gasteiger partial charge in [0.15, 0.2) is 0 Å². The molecule has 0 radical (unpaired) electrons. The maximum absolute atomic E-state index is 12.9. The van der Waals surface area contributed by atoms with Gasteiger partial charge in [-0.05, 0) is 42.8 Å². The Morgan fingerprint density at radius 3 is 2.39 bits per heavy atom. The number of nitriles is 1. The molecule has 3 aromatic rings. The number of anilines is 1. The molecule has 0 saturated heterocycles. The van der Waals surface area contributed by atoms with Crippen LogP contribution in [0, 0.1) is 18.3 Å². The topological polar surface area (TPSA) is 100 Å². The molecule has 0 saturated carbocycles. The Kier molecular flexibility index (Phi) is 5.14. The number of carbonyl (C=O) groups excluding carboxylic acids is 1. The second-order valence-electron chi connectivity index (χ2n) is 6.15. The SMILES string of the molecule is Cc1c(NC(=O)/C(C#N)=C\c2ccc(O)cc2)c(=O)n(-c2ccccc2)n1C. The average molecular weight is 374 g/mol. The summed E-state index contributed by atoms with van der Waals surface area (Å²) < 4.78 is 3.09. The molecule has 2 aromatic carbocycles. The van der Waals surface area contributed by atoms with Crippen LogP contribution in [-0.2, 0) is 11.8 Å². The van der Waals surface area contributed by atoms with Crippen LogP contribution in [0.15, 0.2) is 65.0 Å². The molecule has 0 fully saturated rings. The molecule has 0 atom stereocenters. The van der Waals surface area contributed by atoms with Crippen LogP contribution in [-0.4, -0.2) is 20.4 Å². The van der Waals surface area contributed by atoms with Crippen molar-refractivity contribution in [1.29, 1.82) is 5.26 Å². The van der Waals surface area contributed by atoms with Gasteiger partial charge in [0.25, 0.3) is 11.5 Å². The molecule has 1 heterocycles. The summed E-state index contributed by atoms with van der Waals surface area (Å²) in [4.78, 5) is 25.4. The number of para-hydroxylation sites is 1. The molecule has 0 aliphatic rings. The number of carbonyl (C=O) groups is 1. The molecule has 0 aliphatic heterocycles. The number of amides is 1. The van der Waals surface area contributed by atoms with Crippen LogP contribution < -0.4 is 10.9 Å².